The van der Waals surface area contributed by atoms with Crippen LogP contribution in [0.1, 0.15) is 29.1 Å². The first-order chi connectivity index (χ1) is 12.3. The van der Waals surface area contributed by atoms with E-state index in [1.807, 2.05) is 0 Å². The molecule has 0 amide bonds. The Balaban J connectivity index is 2.14. The number of aromatic amines is 1. The fraction of sp³-hybridized carbons (Fsp3) is 0.312. The zero-order chi connectivity index (χ0) is 19.0. The molecule has 2 heterocycles. The van der Waals surface area contributed by atoms with Crippen LogP contribution in [0.15, 0.2) is 35.1 Å². The number of nitrogen functional groups attached to an aromatic ring is 1. The van der Waals surface area contributed by atoms with E-state index in [9.17, 15) is 24.9 Å². The van der Waals surface area contributed by atoms with Crippen LogP contribution in [0.5, 0.6) is 0 Å². The summed E-state index contributed by atoms with van der Waals surface area (Å²) in [6, 6.07) is 5.87. The number of nitrogens with zero attached hydrogens (tertiary/aromatic N) is 1. The number of anilines is 1. The average molecular weight is 348 g/mol. The summed E-state index contributed by atoms with van der Waals surface area (Å²) in [5, 5.41) is 29.4. The van der Waals surface area contributed by atoms with Crippen LogP contribution >= 0.6 is 0 Å². The predicted molar refractivity (Wildman–Crippen MR) is 85.9 cm³/mol. The minimum atomic E-state index is -1.50. The second kappa shape index (κ2) is 6.73. The van der Waals surface area contributed by atoms with Crippen LogP contribution in [0.4, 0.5) is 5.82 Å². The molecule has 1 saturated heterocycles. The zero-order valence-electron chi connectivity index (χ0n) is 13.9. The topological polar surface area (TPSA) is 159 Å². The summed E-state index contributed by atoms with van der Waals surface area (Å²) in [5.41, 5.74) is 4.50. The lowest BCUT2D eigenvalue weighted by atomic mass is 9.96. The molecular weight excluding hydrogens is 330 g/mol. The van der Waals surface area contributed by atoms with Gasteiger partial charge >= 0.3 is 5.69 Å². The van der Waals surface area contributed by atoms with Crippen LogP contribution in [0.2, 0.25) is 0 Å². The second-order valence-corrected chi connectivity index (χ2v) is 5.58. The van der Waals surface area contributed by atoms with E-state index in [0.717, 1.165) is 0 Å². The Morgan fingerprint density at radius 2 is 2.12 bits per heavy atom. The third kappa shape index (κ3) is 3.05. The molecule has 0 aliphatic carbocycles. The van der Waals surface area contributed by atoms with E-state index < -0.39 is 42.5 Å². The molecule has 1 aliphatic rings. The number of ketones is 1. The first kappa shape index (κ1) is 15.9. The van der Waals surface area contributed by atoms with Gasteiger partial charge in [0.1, 0.15) is 35.9 Å². The lowest BCUT2D eigenvalue weighted by molar-refractivity contribution is -0.0228. The van der Waals surface area contributed by atoms with E-state index in [2.05, 4.69) is 9.97 Å². The van der Waals surface area contributed by atoms with Gasteiger partial charge in [-0.1, -0.05) is 30.3 Å². The highest BCUT2D eigenvalue weighted by Gasteiger charge is 2.45. The number of aliphatic hydroxyl groups is 3. The third-order valence-corrected chi connectivity index (χ3v) is 4.01. The van der Waals surface area contributed by atoms with Gasteiger partial charge in [0.15, 0.2) is 0 Å². The number of carbonyl (C=O) groups excluding carboxylic acids is 1. The van der Waals surface area contributed by atoms with E-state index in [4.69, 9.17) is 11.8 Å². The minimum Gasteiger partial charge on any atom is -0.394 e. The van der Waals surface area contributed by atoms with Crippen molar-refractivity contribution in [3.05, 3.63) is 57.6 Å². The fourth-order valence-corrected chi connectivity index (χ4v) is 2.77. The van der Waals surface area contributed by atoms with Crippen LogP contribution in [0.25, 0.3) is 0 Å². The maximum absolute atomic E-state index is 12.9. The van der Waals surface area contributed by atoms with Gasteiger partial charge in [0.2, 0.25) is 5.78 Å². The summed E-state index contributed by atoms with van der Waals surface area (Å²) in [7, 11) is 0. The molecule has 0 spiro atoms. The maximum atomic E-state index is 12.9. The Morgan fingerprint density at radius 1 is 1.36 bits per heavy atom. The molecule has 0 saturated carbocycles. The number of nitrogens with one attached hydrogen (secondary N) is 1. The summed E-state index contributed by atoms with van der Waals surface area (Å²) in [4.78, 5) is 30.4. The van der Waals surface area contributed by atoms with Crippen molar-refractivity contribution in [2.75, 3.05) is 12.3 Å². The number of rotatable bonds is 4. The summed E-state index contributed by atoms with van der Waals surface area (Å²) < 4.78 is 13.3. The van der Waals surface area contributed by atoms with Gasteiger partial charge in [-0.15, -0.1) is 0 Å². The van der Waals surface area contributed by atoms with Crippen LogP contribution in [0.3, 0.4) is 0 Å². The number of ether oxygens (including phenoxy) is 1. The largest absolute Gasteiger partial charge is 0.394 e. The highest BCUT2D eigenvalue weighted by Crippen LogP contribution is 2.37. The van der Waals surface area contributed by atoms with E-state index in [0.29, 0.717) is 0 Å². The van der Waals surface area contributed by atoms with Gasteiger partial charge in [-0.25, -0.2) is 4.79 Å². The highest BCUT2D eigenvalue weighted by molar-refractivity contribution is 6.09. The number of carbonyl (C=O) groups is 1. The minimum absolute atomic E-state index is 0.00161. The number of hydrogen-bond acceptors (Lipinski definition) is 8. The molecule has 0 radical (unpaired) electrons. The molecule has 6 N–H and O–H groups in total. The van der Waals surface area contributed by atoms with Gasteiger partial charge < -0.3 is 30.8 Å². The lowest BCUT2D eigenvalue weighted by Gasteiger charge is -2.19. The van der Waals surface area contributed by atoms with Crippen molar-refractivity contribution < 1.29 is 26.2 Å². The first-order valence-electron chi connectivity index (χ1n) is 7.97. The number of nitrogens with two attached hydrogens (primary N) is 1. The Kier molecular flexibility index (Phi) is 4.28. The van der Waals surface area contributed by atoms with Crippen LogP contribution in [0, 0.1) is 0 Å². The van der Waals surface area contributed by atoms with Gasteiger partial charge in [0, 0.05) is 5.56 Å². The molecule has 1 fully saturated rings. The van der Waals surface area contributed by atoms with Gasteiger partial charge in [-0.05, 0) is 0 Å². The quantitative estimate of drug-likeness (QED) is 0.428. The number of H-pyrrole nitrogens is 1. The number of aromatic nitrogens is 2. The van der Waals surface area contributed by atoms with E-state index in [1.165, 1.54) is 12.1 Å². The second-order valence-electron chi connectivity index (χ2n) is 5.58. The van der Waals surface area contributed by atoms with Gasteiger partial charge in [0.25, 0.3) is 0 Å². The average Bonchev–Trinajstić information content (AvgIpc) is 2.89. The van der Waals surface area contributed by atoms with Crippen LogP contribution < -0.4 is 11.4 Å². The fourth-order valence-electron chi connectivity index (χ4n) is 2.77. The van der Waals surface area contributed by atoms with E-state index in [-0.39, 0.29) is 28.7 Å². The Hall–Kier alpha value is -2.59. The molecule has 4 atom stereocenters. The lowest BCUT2D eigenvalue weighted by Crippen LogP contribution is -2.33. The smallest absolute Gasteiger partial charge is 0.347 e. The van der Waals surface area contributed by atoms with Crippen molar-refractivity contribution in [2.24, 2.45) is 0 Å². The van der Waals surface area contributed by atoms with Crippen molar-refractivity contribution in [3.8, 4) is 0 Å². The Bertz CT molecular complexity index is 902. The number of hydrogen-bond donors (Lipinski definition) is 5. The standard InChI is InChI=1S/C16H17N3O6/c17-15-9(14-13(23)12(22)8(6-20)25-14)10(18-16(24)19-15)11(21)7-4-2-1-3-5-7/h1-5,8,12-14,20,22-23H,6H2,(H3,17,18,19,24)/t8-,12-,13-,14?/m1/s1/i4D. The zero-order valence-corrected chi connectivity index (χ0v) is 12.9. The van der Waals surface area contributed by atoms with Crippen LogP contribution in [-0.4, -0.2) is 56.0 Å². The molecule has 9 heteroatoms. The Labute approximate surface area is 143 Å². The Morgan fingerprint density at radius 3 is 2.76 bits per heavy atom. The molecule has 1 aliphatic heterocycles. The van der Waals surface area contributed by atoms with Crippen LogP contribution in [-0.2, 0) is 4.74 Å². The summed E-state index contributed by atoms with van der Waals surface area (Å²) in [6.45, 7) is -0.565. The van der Waals surface area contributed by atoms with Crippen molar-refractivity contribution in [3.63, 3.8) is 0 Å². The number of benzene rings is 1. The van der Waals surface area contributed by atoms with Gasteiger partial charge in [0.05, 0.1) is 13.5 Å². The third-order valence-electron chi connectivity index (χ3n) is 4.01. The molecule has 1 aromatic heterocycles. The van der Waals surface area contributed by atoms with Crippen molar-refractivity contribution in [1.29, 1.82) is 0 Å². The van der Waals surface area contributed by atoms with Crippen molar-refractivity contribution >= 4 is 11.6 Å². The molecular formula is C16H17N3O6. The molecule has 3 rings (SSSR count). The molecule has 25 heavy (non-hydrogen) atoms. The van der Waals surface area contributed by atoms with Gasteiger partial charge in [-0.3, -0.25) is 4.79 Å². The first-order valence-corrected chi connectivity index (χ1v) is 7.47. The highest BCUT2D eigenvalue weighted by atomic mass is 16.6. The van der Waals surface area contributed by atoms with Crippen molar-refractivity contribution in [2.45, 2.75) is 24.4 Å². The molecule has 0 bridgehead atoms. The number of aliphatic hydroxyl groups excluding tert-OH is 3. The van der Waals surface area contributed by atoms with E-state index >= 15 is 0 Å². The molecule has 2 aromatic rings. The summed E-state index contributed by atoms with van der Waals surface area (Å²) in [6.07, 6.45) is -5.29. The maximum Gasteiger partial charge on any atom is 0.347 e. The van der Waals surface area contributed by atoms with Crippen molar-refractivity contribution in [1.82, 2.24) is 9.97 Å². The molecule has 132 valence electrons. The normalized spacial score (nSPS) is 26.4. The molecule has 1 unspecified atom stereocenters. The summed E-state index contributed by atoms with van der Waals surface area (Å²) in [5.74, 6) is -1.07. The van der Waals surface area contributed by atoms with E-state index in [1.54, 1.807) is 12.1 Å². The summed E-state index contributed by atoms with van der Waals surface area (Å²) >= 11 is 0. The molecule has 1 aromatic carbocycles. The predicted octanol–water partition coefficient (Wildman–Crippen LogP) is -1.26. The SMILES string of the molecule is [2H]c1ccccc1C(=O)c1[nH]c(=O)nc(N)c1C1O[C@H](CO)[C@@H](O)[C@H]1O. The van der Waals surface area contributed by atoms with Gasteiger partial charge in [-0.2, -0.15) is 4.98 Å². The monoisotopic (exact) mass is 348 g/mol. The molecule has 9 nitrogen and oxygen atoms in total.